The monoisotopic (exact) mass is 264 g/mol. The van der Waals surface area contributed by atoms with E-state index in [0.717, 1.165) is 22.4 Å². The van der Waals surface area contributed by atoms with Crippen LogP contribution in [0.4, 0.5) is 0 Å². The first-order valence-corrected chi connectivity index (χ1v) is 6.37. The number of ether oxygens (including phenoxy) is 1. The molecule has 0 saturated heterocycles. The van der Waals surface area contributed by atoms with Crippen molar-refractivity contribution in [1.82, 2.24) is 0 Å². The standard InChI is InChI=1S/C18H16O2/c1-13-10-14(2)12-16(11-13)18(19)9-6-15-4-7-17(20-3)8-5-15/h4-5,7-8,10-12H,1-3H3. The van der Waals surface area contributed by atoms with Gasteiger partial charge in [-0.2, -0.15) is 0 Å². The maximum Gasteiger partial charge on any atom is 0.236 e. The van der Waals surface area contributed by atoms with Crippen LogP contribution in [-0.4, -0.2) is 12.9 Å². The summed E-state index contributed by atoms with van der Waals surface area (Å²) in [4.78, 5) is 12.0. The number of carbonyl (C=O) groups is 1. The van der Waals surface area contributed by atoms with E-state index in [1.54, 1.807) is 7.11 Å². The van der Waals surface area contributed by atoms with Gasteiger partial charge in [-0.3, -0.25) is 4.79 Å². The molecule has 2 aromatic carbocycles. The Hall–Kier alpha value is -2.53. The first-order valence-electron chi connectivity index (χ1n) is 6.37. The molecule has 2 aromatic rings. The van der Waals surface area contributed by atoms with Gasteiger partial charge in [-0.25, -0.2) is 0 Å². The Morgan fingerprint density at radius 2 is 1.60 bits per heavy atom. The Labute approximate surface area is 119 Å². The maximum absolute atomic E-state index is 12.0. The van der Waals surface area contributed by atoms with Crippen LogP contribution >= 0.6 is 0 Å². The third-order valence-electron chi connectivity index (χ3n) is 2.89. The number of rotatable bonds is 2. The molecular formula is C18H16O2. The van der Waals surface area contributed by atoms with Crippen LogP contribution < -0.4 is 4.74 Å². The summed E-state index contributed by atoms with van der Waals surface area (Å²) in [6.07, 6.45) is 0. The molecule has 0 N–H and O–H groups in total. The van der Waals surface area contributed by atoms with Crippen LogP contribution in [0.3, 0.4) is 0 Å². The fourth-order valence-corrected chi connectivity index (χ4v) is 1.98. The zero-order valence-electron chi connectivity index (χ0n) is 11.9. The maximum atomic E-state index is 12.0. The van der Waals surface area contributed by atoms with Gasteiger partial charge >= 0.3 is 0 Å². The number of hydrogen-bond donors (Lipinski definition) is 0. The predicted octanol–water partition coefficient (Wildman–Crippen LogP) is 3.55. The summed E-state index contributed by atoms with van der Waals surface area (Å²) in [5.41, 5.74) is 3.58. The molecule has 2 nitrogen and oxygen atoms in total. The number of hydrogen-bond acceptors (Lipinski definition) is 2. The van der Waals surface area contributed by atoms with Gasteiger partial charge in [0.05, 0.1) is 7.11 Å². The van der Waals surface area contributed by atoms with Crippen molar-refractivity contribution in [2.75, 3.05) is 7.11 Å². The van der Waals surface area contributed by atoms with Gasteiger partial charge in [0.1, 0.15) is 5.75 Å². The summed E-state index contributed by atoms with van der Waals surface area (Å²) in [6, 6.07) is 13.1. The molecule has 0 aliphatic carbocycles. The molecule has 0 spiro atoms. The molecule has 0 aliphatic heterocycles. The summed E-state index contributed by atoms with van der Waals surface area (Å²) < 4.78 is 5.08. The molecular weight excluding hydrogens is 248 g/mol. The summed E-state index contributed by atoms with van der Waals surface area (Å²) in [6.45, 7) is 3.95. The van der Waals surface area contributed by atoms with Crippen molar-refractivity contribution in [1.29, 1.82) is 0 Å². The highest BCUT2D eigenvalue weighted by Crippen LogP contribution is 2.11. The van der Waals surface area contributed by atoms with Crippen LogP contribution in [-0.2, 0) is 0 Å². The van der Waals surface area contributed by atoms with Crippen molar-refractivity contribution in [2.24, 2.45) is 0 Å². The average molecular weight is 264 g/mol. The van der Waals surface area contributed by atoms with E-state index in [-0.39, 0.29) is 5.78 Å². The molecule has 2 rings (SSSR count). The summed E-state index contributed by atoms with van der Waals surface area (Å²) >= 11 is 0. The predicted molar refractivity (Wildman–Crippen MR) is 80.1 cm³/mol. The van der Waals surface area contributed by atoms with Crippen molar-refractivity contribution in [3.63, 3.8) is 0 Å². The van der Waals surface area contributed by atoms with Crippen LogP contribution in [0.5, 0.6) is 5.75 Å². The lowest BCUT2D eigenvalue weighted by Crippen LogP contribution is -1.96. The number of Topliss-reactive ketones (excluding diaryl/α,β-unsaturated/α-hetero) is 1. The third-order valence-corrected chi connectivity index (χ3v) is 2.89. The first-order chi connectivity index (χ1) is 9.58. The minimum atomic E-state index is -0.160. The number of carbonyl (C=O) groups excluding carboxylic acids is 1. The normalized spacial score (nSPS) is 9.55. The van der Waals surface area contributed by atoms with E-state index in [0.29, 0.717) is 5.56 Å². The molecule has 0 radical (unpaired) electrons. The molecule has 20 heavy (non-hydrogen) atoms. The number of methoxy groups -OCH3 is 1. The van der Waals surface area contributed by atoms with Crippen molar-refractivity contribution >= 4 is 5.78 Å². The second kappa shape index (κ2) is 6.08. The second-order valence-electron chi connectivity index (χ2n) is 4.68. The van der Waals surface area contributed by atoms with E-state index < -0.39 is 0 Å². The molecule has 0 heterocycles. The van der Waals surface area contributed by atoms with E-state index in [4.69, 9.17) is 4.74 Å². The van der Waals surface area contributed by atoms with Gasteiger partial charge in [-0.05, 0) is 56.2 Å². The Morgan fingerprint density at radius 3 is 2.15 bits per heavy atom. The SMILES string of the molecule is COc1ccc(C#CC(=O)c2cc(C)cc(C)c2)cc1. The molecule has 0 unspecified atom stereocenters. The van der Waals surface area contributed by atoms with Crippen molar-refractivity contribution in [3.8, 4) is 17.6 Å². The van der Waals surface area contributed by atoms with Crippen LogP contribution in [0.25, 0.3) is 0 Å². The lowest BCUT2D eigenvalue weighted by molar-refractivity contribution is 0.105. The first kappa shape index (κ1) is 13.9. The quantitative estimate of drug-likeness (QED) is 0.612. The summed E-state index contributed by atoms with van der Waals surface area (Å²) in [7, 11) is 1.62. The highest BCUT2D eigenvalue weighted by Gasteiger charge is 2.03. The van der Waals surface area contributed by atoms with Crippen molar-refractivity contribution in [3.05, 3.63) is 64.7 Å². The second-order valence-corrected chi connectivity index (χ2v) is 4.68. The number of aryl methyl sites for hydroxylation is 2. The molecule has 2 heteroatoms. The van der Waals surface area contributed by atoms with Gasteiger partial charge in [0.2, 0.25) is 5.78 Å². The van der Waals surface area contributed by atoms with Gasteiger partial charge in [0.25, 0.3) is 0 Å². The highest BCUT2D eigenvalue weighted by molar-refractivity contribution is 6.09. The van der Waals surface area contributed by atoms with Crippen LogP contribution in [0.15, 0.2) is 42.5 Å². The number of ketones is 1. The van der Waals surface area contributed by atoms with E-state index in [9.17, 15) is 4.79 Å². The third kappa shape index (κ3) is 3.49. The van der Waals surface area contributed by atoms with Crippen molar-refractivity contribution < 1.29 is 9.53 Å². The van der Waals surface area contributed by atoms with Gasteiger partial charge in [-0.1, -0.05) is 23.1 Å². The molecule has 0 aromatic heterocycles. The fraction of sp³-hybridized carbons (Fsp3) is 0.167. The molecule has 0 bridgehead atoms. The van der Waals surface area contributed by atoms with E-state index in [2.05, 4.69) is 11.8 Å². The lowest BCUT2D eigenvalue weighted by Gasteiger charge is -2.00. The largest absolute Gasteiger partial charge is 0.497 e. The minimum absolute atomic E-state index is 0.160. The Balaban J connectivity index is 2.20. The zero-order chi connectivity index (χ0) is 14.5. The summed E-state index contributed by atoms with van der Waals surface area (Å²) in [5, 5.41) is 0. The van der Waals surface area contributed by atoms with Gasteiger partial charge in [0, 0.05) is 11.1 Å². The van der Waals surface area contributed by atoms with Crippen LogP contribution in [0.1, 0.15) is 27.0 Å². The van der Waals surface area contributed by atoms with E-state index in [1.807, 2.05) is 56.3 Å². The Bertz CT molecular complexity index is 665. The average Bonchev–Trinajstić information content (AvgIpc) is 2.44. The zero-order valence-corrected chi connectivity index (χ0v) is 11.9. The molecule has 0 aliphatic rings. The molecule has 0 saturated carbocycles. The van der Waals surface area contributed by atoms with Crippen molar-refractivity contribution in [2.45, 2.75) is 13.8 Å². The topological polar surface area (TPSA) is 26.3 Å². The smallest absolute Gasteiger partial charge is 0.236 e. The molecule has 0 fully saturated rings. The minimum Gasteiger partial charge on any atom is -0.497 e. The highest BCUT2D eigenvalue weighted by atomic mass is 16.5. The van der Waals surface area contributed by atoms with Gasteiger partial charge < -0.3 is 4.74 Å². The van der Waals surface area contributed by atoms with Gasteiger partial charge in [0.15, 0.2) is 0 Å². The van der Waals surface area contributed by atoms with E-state index >= 15 is 0 Å². The molecule has 0 amide bonds. The van der Waals surface area contributed by atoms with E-state index in [1.165, 1.54) is 0 Å². The lowest BCUT2D eigenvalue weighted by atomic mass is 10.0. The number of benzene rings is 2. The van der Waals surface area contributed by atoms with Crippen LogP contribution in [0, 0.1) is 25.7 Å². The Morgan fingerprint density at radius 1 is 1.00 bits per heavy atom. The molecule has 100 valence electrons. The fourth-order valence-electron chi connectivity index (χ4n) is 1.98. The summed E-state index contributed by atoms with van der Waals surface area (Å²) in [5.74, 6) is 6.17. The Kier molecular flexibility index (Phi) is 4.22. The van der Waals surface area contributed by atoms with Crippen LogP contribution in [0.2, 0.25) is 0 Å². The van der Waals surface area contributed by atoms with Gasteiger partial charge in [-0.15, -0.1) is 0 Å². The molecule has 0 atom stereocenters.